The first-order chi connectivity index (χ1) is 11.6. The smallest absolute Gasteiger partial charge is 0.319 e. The number of urea groups is 1. The number of halogens is 1. The molecule has 0 spiro atoms. The van der Waals surface area contributed by atoms with E-state index in [1.54, 1.807) is 36.4 Å². The van der Waals surface area contributed by atoms with E-state index in [-0.39, 0.29) is 12.1 Å². The van der Waals surface area contributed by atoms with Gasteiger partial charge in [-0.2, -0.15) is 0 Å². The summed E-state index contributed by atoms with van der Waals surface area (Å²) >= 11 is 5.82. The maximum atomic E-state index is 12.0. The highest BCUT2D eigenvalue weighted by molar-refractivity contribution is 6.30. The molecule has 1 unspecified atom stereocenters. The zero-order chi connectivity index (χ0) is 17.4. The van der Waals surface area contributed by atoms with Gasteiger partial charge in [0.25, 0.3) is 0 Å². The summed E-state index contributed by atoms with van der Waals surface area (Å²) in [6, 6.07) is 16.6. The lowest BCUT2D eigenvalue weighted by molar-refractivity contribution is 0.163. The Morgan fingerprint density at radius 2 is 1.83 bits per heavy atom. The van der Waals surface area contributed by atoms with Crippen molar-refractivity contribution in [2.45, 2.75) is 19.4 Å². The Kier molecular flexibility index (Phi) is 6.90. The maximum Gasteiger partial charge on any atom is 0.319 e. The van der Waals surface area contributed by atoms with E-state index >= 15 is 0 Å². The molecule has 0 saturated carbocycles. The second-order valence-electron chi connectivity index (χ2n) is 5.42. The van der Waals surface area contributed by atoms with E-state index in [1.165, 1.54) is 0 Å². The predicted octanol–water partition coefficient (Wildman–Crippen LogP) is 4.31. The number of benzene rings is 2. The maximum absolute atomic E-state index is 12.0. The van der Waals surface area contributed by atoms with Crippen molar-refractivity contribution < 1.29 is 9.63 Å². The molecule has 5 nitrogen and oxygen atoms in total. The van der Waals surface area contributed by atoms with Crippen LogP contribution in [0.3, 0.4) is 0 Å². The van der Waals surface area contributed by atoms with E-state index in [0.717, 1.165) is 12.1 Å². The van der Waals surface area contributed by atoms with Crippen LogP contribution in [0.1, 0.15) is 13.3 Å². The monoisotopic (exact) mass is 347 g/mol. The summed E-state index contributed by atoms with van der Waals surface area (Å²) in [6.07, 6.45) is 0.747. The molecule has 0 aliphatic carbocycles. The molecule has 2 N–H and O–H groups in total. The van der Waals surface area contributed by atoms with Crippen molar-refractivity contribution in [2.75, 3.05) is 24.0 Å². The first-order valence-corrected chi connectivity index (χ1v) is 8.16. The van der Waals surface area contributed by atoms with Gasteiger partial charge in [-0.1, -0.05) is 29.8 Å². The highest BCUT2D eigenvalue weighted by Gasteiger charge is 2.11. The third kappa shape index (κ3) is 5.76. The van der Waals surface area contributed by atoms with Crippen LogP contribution in [0, 0.1) is 0 Å². The van der Waals surface area contributed by atoms with E-state index in [0.29, 0.717) is 17.3 Å². The molecular formula is C18H22ClN3O2. The van der Waals surface area contributed by atoms with Gasteiger partial charge in [-0.25, -0.2) is 4.79 Å². The van der Waals surface area contributed by atoms with E-state index < -0.39 is 0 Å². The van der Waals surface area contributed by atoms with Crippen LogP contribution in [0.5, 0.6) is 0 Å². The van der Waals surface area contributed by atoms with Gasteiger partial charge in [0.05, 0.1) is 12.8 Å². The Morgan fingerprint density at radius 1 is 1.17 bits per heavy atom. The molecule has 0 aromatic heterocycles. The molecule has 2 aromatic rings. The number of nitrogens with zero attached hydrogens (tertiary/aromatic N) is 1. The Hall–Kier alpha value is -2.24. The molecule has 2 aromatic carbocycles. The topological polar surface area (TPSA) is 53.6 Å². The van der Waals surface area contributed by atoms with Crippen molar-refractivity contribution in [2.24, 2.45) is 0 Å². The molecule has 128 valence electrons. The number of rotatable bonds is 7. The Balaban J connectivity index is 1.78. The predicted molar refractivity (Wildman–Crippen MR) is 98.5 cm³/mol. The fraction of sp³-hybridized carbons (Fsp3) is 0.278. The first kappa shape index (κ1) is 18.1. The van der Waals surface area contributed by atoms with Gasteiger partial charge in [0, 0.05) is 23.3 Å². The minimum atomic E-state index is -0.242. The van der Waals surface area contributed by atoms with E-state index in [4.69, 9.17) is 16.4 Å². The number of hydrogen-bond acceptors (Lipinski definition) is 3. The standard InChI is InChI=1S/C18H22ClN3O2/c1-14(12-13-22(24-2)17-6-4-3-5-7-17)20-18(23)21-16-10-8-15(19)9-11-16/h3-11,14H,12-13H2,1-2H3,(H2,20,21,23). The van der Waals surface area contributed by atoms with Gasteiger partial charge in [0.1, 0.15) is 0 Å². The summed E-state index contributed by atoms with van der Waals surface area (Å²) in [6.45, 7) is 2.63. The molecule has 24 heavy (non-hydrogen) atoms. The SMILES string of the molecule is CON(CCC(C)NC(=O)Nc1ccc(Cl)cc1)c1ccccc1. The van der Waals surface area contributed by atoms with Gasteiger partial charge in [-0.3, -0.25) is 9.90 Å². The molecule has 2 rings (SSSR count). The quantitative estimate of drug-likeness (QED) is 0.734. The van der Waals surface area contributed by atoms with Crippen molar-refractivity contribution in [3.63, 3.8) is 0 Å². The third-order valence-corrected chi connectivity index (χ3v) is 3.76. The minimum Gasteiger partial charge on any atom is -0.335 e. The number of para-hydroxylation sites is 1. The summed E-state index contributed by atoms with van der Waals surface area (Å²) in [4.78, 5) is 17.4. The van der Waals surface area contributed by atoms with Crippen LogP contribution in [-0.4, -0.2) is 25.7 Å². The lowest BCUT2D eigenvalue weighted by Crippen LogP contribution is -2.38. The lowest BCUT2D eigenvalue weighted by Gasteiger charge is -2.24. The molecule has 6 heteroatoms. The van der Waals surface area contributed by atoms with Crippen molar-refractivity contribution in [3.8, 4) is 0 Å². The molecule has 0 heterocycles. The summed E-state index contributed by atoms with van der Waals surface area (Å²) in [7, 11) is 1.64. The van der Waals surface area contributed by atoms with Gasteiger partial charge in [-0.15, -0.1) is 0 Å². The molecule has 2 amide bonds. The number of hydrogen-bond donors (Lipinski definition) is 2. The number of nitrogens with one attached hydrogen (secondary N) is 2. The fourth-order valence-corrected chi connectivity index (χ4v) is 2.35. The molecule has 0 aliphatic rings. The van der Waals surface area contributed by atoms with Crippen LogP contribution in [-0.2, 0) is 4.84 Å². The van der Waals surface area contributed by atoms with E-state index in [9.17, 15) is 4.79 Å². The molecular weight excluding hydrogens is 326 g/mol. The van der Waals surface area contributed by atoms with Gasteiger partial charge in [-0.05, 0) is 49.7 Å². The van der Waals surface area contributed by atoms with Crippen molar-refractivity contribution in [1.82, 2.24) is 5.32 Å². The second kappa shape index (κ2) is 9.15. The van der Waals surface area contributed by atoms with Gasteiger partial charge >= 0.3 is 6.03 Å². The molecule has 0 bridgehead atoms. The second-order valence-corrected chi connectivity index (χ2v) is 5.85. The summed E-state index contributed by atoms with van der Waals surface area (Å²) in [5.74, 6) is 0. The van der Waals surface area contributed by atoms with Crippen molar-refractivity contribution in [1.29, 1.82) is 0 Å². The number of carbonyl (C=O) groups excluding carboxylic acids is 1. The van der Waals surface area contributed by atoms with Crippen LogP contribution in [0.2, 0.25) is 5.02 Å². The third-order valence-electron chi connectivity index (χ3n) is 3.51. The molecule has 0 saturated heterocycles. The number of amides is 2. The zero-order valence-corrected chi connectivity index (χ0v) is 14.6. The average Bonchev–Trinajstić information content (AvgIpc) is 2.58. The first-order valence-electron chi connectivity index (χ1n) is 7.78. The average molecular weight is 348 g/mol. The highest BCUT2D eigenvalue weighted by atomic mass is 35.5. The molecule has 0 fully saturated rings. The Morgan fingerprint density at radius 3 is 2.46 bits per heavy atom. The van der Waals surface area contributed by atoms with Crippen molar-refractivity contribution in [3.05, 3.63) is 59.6 Å². The summed E-state index contributed by atoms with van der Waals surface area (Å²) in [5.41, 5.74) is 1.68. The molecule has 0 radical (unpaired) electrons. The van der Waals surface area contributed by atoms with Crippen LogP contribution < -0.4 is 15.7 Å². The minimum absolute atomic E-state index is 0.00124. The van der Waals surface area contributed by atoms with Gasteiger partial charge in [0.15, 0.2) is 0 Å². The van der Waals surface area contributed by atoms with Gasteiger partial charge in [0.2, 0.25) is 0 Å². The van der Waals surface area contributed by atoms with Crippen LogP contribution in [0.25, 0.3) is 0 Å². The van der Waals surface area contributed by atoms with E-state index in [1.807, 2.05) is 37.3 Å². The Labute approximate surface area is 147 Å². The number of anilines is 2. The van der Waals surface area contributed by atoms with Gasteiger partial charge < -0.3 is 10.6 Å². The van der Waals surface area contributed by atoms with Crippen LogP contribution in [0.4, 0.5) is 16.2 Å². The summed E-state index contributed by atoms with van der Waals surface area (Å²) in [5, 5.41) is 8.12. The lowest BCUT2D eigenvalue weighted by atomic mass is 10.2. The van der Waals surface area contributed by atoms with E-state index in [2.05, 4.69) is 10.6 Å². The largest absolute Gasteiger partial charge is 0.335 e. The number of carbonyl (C=O) groups is 1. The van der Waals surface area contributed by atoms with Crippen LogP contribution in [0.15, 0.2) is 54.6 Å². The van der Waals surface area contributed by atoms with Crippen molar-refractivity contribution >= 4 is 29.0 Å². The number of hydroxylamine groups is 1. The summed E-state index contributed by atoms with van der Waals surface area (Å²) < 4.78 is 0. The fourth-order valence-electron chi connectivity index (χ4n) is 2.23. The normalized spacial score (nSPS) is 11.6. The van der Waals surface area contributed by atoms with Crippen LogP contribution >= 0.6 is 11.6 Å². The highest BCUT2D eigenvalue weighted by Crippen LogP contribution is 2.15. The molecule has 1 atom stereocenters. The molecule has 0 aliphatic heterocycles. The zero-order valence-electron chi connectivity index (χ0n) is 13.8. The Bertz CT molecular complexity index is 634.